The molecular formula is C15H20ClN5O. The number of anilines is 1. The van der Waals surface area contributed by atoms with Crippen LogP contribution >= 0.6 is 12.4 Å². The van der Waals surface area contributed by atoms with Crippen molar-refractivity contribution in [3.05, 3.63) is 30.1 Å². The number of aromatic nitrogens is 3. The Kier molecular flexibility index (Phi) is 5.51. The van der Waals surface area contributed by atoms with Crippen molar-refractivity contribution in [3.8, 4) is 11.4 Å². The van der Waals surface area contributed by atoms with Crippen molar-refractivity contribution in [2.45, 2.75) is 32.2 Å². The van der Waals surface area contributed by atoms with Gasteiger partial charge in [-0.15, -0.1) is 12.4 Å². The molecule has 6 nitrogen and oxygen atoms in total. The number of halogens is 1. The Bertz CT molecular complexity index is 636. The fraction of sp³-hybridized carbons (Fsp3) is 0.400. The number of aryl methyl sites for hydroxylation is 1. The third-order valence-electron chi connectivity index (χ3n) is 3.61. The van der Waals surface area contributed by atoms with Gasteiger partial charge in [-0.1, -0.05) is 18.6 Å². The second kappa shape index (κ2) is 7.38. The van der Waals surface area contributed by atoms with Gasteiger partial charge in [0.05, 0.1) is 6.04 Å². The van der Waals surface area contributed by atoms with E-state index in [0.29, 0.717) is 5.82 Å². The van der Waals surface area contributed by atoms with Crippen molar-refractivity contribution in [2.24, 2.45) is 0 Å². The molecular weight excluding hydrogens is 302 g/mol. The van der Waals surface area contributed by atoms with Crippen LogP contribution in [0.3, 0.4) is 0 Å². The van der Waals surface area contributed by atoms with Gasteiger partial charge >= 0.3 is 0 Å². The van der Waals surface area contributed by atoms with Crippen molar-refractivity contribution in [2.75, 3.05) is 11.9 Å². The normalized spacial score (nSPS) is 17.6. The van der Waals surface area contributed by atoms with E-state index in [2.05, 4.69) is 25.8 Å². The molecule has 118 valence electrons. The van der Waals surface area contributed by atoms with Gasteiger partial charge in [0.1, 0.15) is 5.82 Å². The molecule has 0 saturated carbocycles. The quantitative estimate of drug-likeness (QED) is 0.810. The van der Waals surface area contributed by atoms with Crippen LogP contribution < -0.4 is 10.6 Å². The molecule has 1 fully saturated rings. The van der Waals surface area contributed by atoms with Gasteiger partial charge < -0.3 is 10.6 Å². The van der Waals surface area contributed by atoms with Crippen LogP contribution in [0.2, 0.25) is 0 Å². The predicted molar refractivity (Wildman–Crippen MR) is 88.1 cm³/mol. The van der Waals surface area contributed by atoms with E-state index in [1.165, 1.54) is 0 Å². The van der Waals surface area contributed by atoms with Crippen molar-refractivity contribution in [1.82, 2.24) is 20.5 Å². The van der Waals surface area contributed by atoms with E-state index in [1.807, 2.05) is 31.2 Å². The minimum Gasteiger partial charge on any atom is -0.325 e. The monoisotopic (exact) mass is 321 g/mol. The standard InChI is InChI=1S/C15H19N5O.ClH/c1-10-17-14(20-19-10)11-5-4-6-12(9-11)18-15(21)13-7-2-3-8-16-13;/h4-6,9,13,16H,2-3,7-8H2,1H3,(H,18,21)(H,17,19,20);1H/t13-;/m0./s1. The Morgan fingerprint density at radius 3 is 2.91 bits per heavy atom. The zero-order valence-corrected chi connectivity index (χ0v) is 13.2. The molecule has 1 aromatic carbocycles. The van der Waals surface area contributed by atoms with Crippen LogP contribution in [0.5, 0.6) is 0 Å². The van der Waals surface area contributed by atoms with Gasteiger partial charge in [0.15, 0.2) is 5.82 Å². The fourth-order valence-electron chi connectivity index (χ4n) is 2.51. The molecule has 22 heavy (non-hydrogen) atoms. The molecule has 2 aromatic rings. The summed E-state index contributed by atoms with van der Waals surface area (Å²) in [5.74, 6) is 1.43. The molecule has 0 bridgehead atoms. The average molecular weight is 322 g/mol. The summed E-state index contributed by atoms with van der Waals surface area (Å²) >= 11 is 0. The van der Waals surface area contributed by atoms with Gasteiger partial charge in [-0.3, -0.25) is 9.89 Å². The molecule has 1 amide bonds. The summed E-state index contributed by atoms with van der Waals surface area (Å²) < 4.78 is 0. The van der Waals surface area contributed by atoms with Crippen molar-refractivity contribution in [1.29, 1.82) is 0 Å². The number of hydrogen-bond acceptors (Lipinski definition) is 4. The van der Waals surface area contributed by atoms with E-state index in [1.54, 1.807) is 0 Å². The number of benzene rings is 1. The summed E-state index contributed by atoms with van der Waals surface area (Å²) in [6.45, 7) is 2.77. The van der Waals surface area contributed by atoms with Crippen LogP contribution in [0.25, 0.3) is 11.4 Å². The highest BCUT2D eigenvalue weighted by molar-refractivity contribution is 5.95. The largest absolute Gasteiger partial charge is 0.325 e. The maximum Gasteiger partial charge on any atom is 0.241 e. The third-order valence-corrected chi connectivity index (χ3v) is 3.61. The minimum absolute atomic E-state index is 0. The summed E-state index contributed by atoms with van der Waals surface area (Å²) in [5.41, 5.74) is 1.65. The molecule has 0 unspecified atom stereocenters. The maximum absolute atomic E-state index is 12.2. The van der Waals surface area contributed by atoms with Crippen molar-refractivity contribution in [3.63, 3.8) is 0 Å². The predicted octanol–water partition coefficient (Wildman–Crippen LogP) is 2.28. The summed E-state index contributed by atoms with van der Waals surface area (Å²) in [4.78, 5) is 16.5. The maximum atomic E-state index is 12.2. The topological polar surface area (TPSA) is 82.7 Å². The highest BCUT2D eigenvalue weighted by atomic mass is 35.5. The number of piperidine rings is 1. The lowest BCUT2D eigenvalue weighted by Crippen LogP contribution is -2.43. The number of aromatic amines is 1. The number of carbonyl (C=O) groups is 1. The number of amides is 1. The molecule has 3 rings (SSSR count). The lowest BCUT2D eigenvalue weighted by Gasteiger charge is -2.22. The van der Waals surface area contributed by atoms with E-state index in [9.17, 15) is 4.79 Å². The Balaban J connectivity index is 0.00000176. The third kappa shape index (κ3) is 3.84. The SMILES string of the molecule is Cc1nc(-c2cccc(NC(=O)[C@@H]3CCCCN3)c2)n[nH]1.Cl. The molecule has 3 N–H and O–H groups in total. The summed E-state index contributed by atoms with van der Waals surface area (Å²) in [6, 6.07) is 7.50. The van der Waals surface area contributed by atoms with Crippen LogP contribution in [0.1, 0.15) is 25.1 Å². The van der Waals surface area contributed by atoms with Crippen LogP contribution in [-0.4, -0.2) is 33.7 Å². The number of H-pyrrole nitrogens is 1. The first-order chi connectivity index (χ1) is 10.2. The number of nitrogens with one attached hydrogen (secondary N) is 3. The lowest BCUT2D eigenvalue weighted by atomic mass is 10.0. The first-order valence-corrected chi connectivity index (χ1v) is 7.26. The molecule has 0 radical (unpaired) electrons. The first-order valence-electron chi connectivity index (χ1n) is 7.26. The van der Waals surface area contributed by atoms with Gasteiger partial charge in [0, 0.05) is 11.3 Å². The number of rotatable bonds is 3. The van der Waals surface area contributed by atoms with E-state index >= 15 is 0 Å². The zero-order valence-electron chi connectivity index (χ0n) is 12.4. The van der Waals surface area contributed by atoms with E-state index < -0.39 is 0 Å². The van der Waals surface area contributed by atoms with Crippen molar-refractivity contribution >= 4 is 24.0 Å². The highest BCUT2D eigenvalue weighted by Gasteiger charge is 2.20. The summed E-state index contributed by atoms with van der Waals surface area (Å²) in [5, 5.41) is 13.2. The molecule has 1 aliphatic rings. The second-order valence-electron chi connectivity index (χ2n) is 5.32. The molecule has 1 aliphatic heterocycles. The summed E-state index contributed by atoms with van der Waals surface area (Å²) in [7, 11) is 0. The summed E-state index contributed by atoms with van der Waals surface area (Å²) in [6.07, 6.45) is 3.14. The number of nitrogens with zero attached hydrogens (tertiary/aromatic N) is 2. The molecule has 1 atom stereocenters. The van der Waals surface area contributed by atoms with Crippen LogP contribution in [0.15, 0.2) is 24.3 Å². The van der Waals surface area contributed by atoms with Crippen LogP contribution in [-0.2, 0) is 4.79 Å². The van der Waals surface area contributed by atoms with Gasteiger partial charge in [0.2, 0.25) is 5.91 Å². The van der Waals surface area contributed by atoms with E-state index in [-0.39, 0.29) is 24.4 Å². The average Bonchev–Trinajstić information content (AvgIpc) is 2.95. The number of hydrogen-bond donors (Lipinski definition) is 3. The zero-order chi connectivity index (χ0) is 14.7. The van der Waals surface area contributed by atoms with Gasteiger partial charge in [-0.2, -0.15) is 5.10 Å². The molecule has 0 spiro atoms. The second-order valence-corrected chi connectivity index (χ2v) is 5.32. The Labute approximate surface area is 135 Å². The lowest BCUT2D eigenvalue weighted by molar-refractivity contribution is -0.118. The van der Waals surface area contributed by atoms with Gasteiger partial charge in [-0.25, -0.2) is 4.98 Å². The fourth-order valence-corrected chi connectivity index (χ4v) is 2.51. The molecule has 0 aliphatic carbocycles. The Morgan fingerprint density at radius 2 is 2.23 bits per heavy atom. The van der Waals surface area contributed by atoms with Gasteiger partial charge in [0.25, 0.3) is 0 Å². The molecule has 1 aromatic heterocycles. The smallest absolute Gasteiger partial charge is 0.241 e. The molecule has 7 heteroatoms. The van der Waals surface area contributed by atoms with Gasteiger partial charge in [-0.05, 0) is 38.4 Å². The van der Waals surface area contributed by atoms with Crippen LogP contribution in [0, 0.1) is 6.92 Å². The van der Waals surface area contributed by atoms with Crippen LogP contribution in [0.4, 0.5) is 5.69 Å². The molecule has 1 saturated heterocycles. The highest BCUT2D eigenvalue weighted by Crippen LogP contribution is 2.20. The van der Waals surface area contributed by atoms with Crippen molar-refractivity contribution < 1.29 is 4.79 Å². The van der Waals surface area contributed by atoms with E-state index in [0.717, 1.165) is 42.9 Å². The Morgan fingerprint density at radius 1 is 1.36 bits per heavy atom. The first kappa shape index (κ1) is 16.5. The molecule has 2 heterocycles. The minimum atomic E-state index is -0.0897. The van der Waals surface area contributed by atoms with E-state index in [4.69, 9.17) is 0 Å². The Hall–Kier alpha value is -1.92. The number of carbonyl (C=O) groups excluding carboxylic acids is 1.